The van der Waals surface area contributed by atoms with E-state index < -0.39 is 0 Å². The van der Waals surface area contributed by atoms with Crippen LogP contribution in [0.4, 0.5) is 0 Å². The van der Waals surface area contributed by atoms with Crippen LogP contribution >= 0.6 is 22.9 Å². The first-order chi connectivity index (χ1) is 7.27. The molecule has 0 aliphatic rings. The molecular formula is C8H7ClN4OS. The van der Waals surface area contributed by atoms with Gasteiger partial charge in [0.25, 0.3) is 5.91 Å². The Balaban J connectivity index is 1.96. The number of rotatable bonds is 3. The smallest absolute Gasteiger partial charge is 0.263 e. The van der Waals surface area contributed by atoms with E-state index in [-0.39, 0.29) is 5.91 Å². The Labute approximate surface area is 94.5 Å². The molecule has 2 aromatic heterocycles. The fraction of sp³-hybridized carbons (Fsp3) is 0.125. The van der Waals surface area contributed by atoms with E-state index in [4.69, 9.17) is 11.6 Å². The summed E-state index contributed by atoms with van der Waals surface area (Å²) in [6, 6.07) is 1.69. The first kappa shape index (κ1) is 10.1. The normalized spacial score (nSPS) is 10.2. The molecule has 7 heteroatoms. The first-order valence-corrected chi connectivity index (χ1v) is 5.38. The number of halogens is 1. The fourth-order valence-electron chi connectivity index (χ4n) is 1.02. The summed E-state index contributed by atoms with van der Waals surface area (Å²) in [6.07, 6.45) is 1.39. The van der Waals surface area contributed by atoms with Crippen LogP contribution in [-0.4, -0.2) is 21.1 Å². The van der Waals surface area contributed by atoms with Crippen LogP contribution in [0.15, 0.2) is 17.8 Å². The molecule has 5 nitrogen and oxygen atoms in total. The van der Waals surface area contributed by atoms with Crippen LogP contribution in [0.1, 0.15) is 15.5 Å². The predicted octanol–water partition coefficient (Wildman–Crippen LogP) is 1.45. The van der Waals surface area contributed by atoms with Gasteiger partial charge in [-0.1, -0.05) is 11.6 Å². The molecule has 0 atom stereocenters. The minimum atomic E-state index is -0.202. The van der Waals surface area contributed by atoms with Crippen molar-refractivity contribution in [3.8, 4) is 0 Å². The van der Waals surface area contributed by atoms with E-state index in [1.165, 1.54) is 17.7 Å². The number of carbonyl (C=O) groups excluding carboxylic acids is 1. The Morgan fingerprint density at radius 3 is 3.13 bits per heavy atom. The van der Waals surface area contributed by atoms with Gasteiger partial charge < -0.3 is 5.32 Å². The highest BCUT2D eigenvalue weighted by Gasteiger charge is 2.11. The van der Waals surface area contributed by atoms with E-state index in [0.717, 1.165) is 0 Å². The van der Waals surface area contributed by atoms with E-state index in [2.05, 4.69) is 20.5 Å². The van der Waals surface area contributed by atoms with Gasteiger partial charge in [-0.2, -0.15) is 5.10 Å². The quantitative estimate of drug-likeness (QED) is 0.856. The van der Waals surface area contributed by atoms with Crippen molar-refractivity contribution in [3.63, 3.8) is 0 Å². The van der Waals surface area contributed by atoms with Gasteiger partial charge >= 0.3 is 0 Å². The van der Waals surface area contributed by atoms with Crippen LogP contribution in [-0.2, 0) is 6.54 Å². The van der Waals surface area contributed by atoms with E-state index in [9.17, 15) is 4.79 Å². The molecule has 0 radical (unpaired) electrons. The molecule has 78 valence electrons. The zero-order valence-electron chi connectivity index (χ0n) is 7.53. The lowest BCUT2D eigenvalue weighted by Gasteiger charge is -2.00. The number of carbonyl (C=O) groups is 1. The highest BCUT2D eigenvalue weighted by molar-refractivity contribution is 7.12. The Kier molecular flexibility index (Phi) is 2.98. The summed E-state index contributed by atoms with van der Waals surface area (Å²) in [5.74, 6) is 0.405. The molecule has 2 aromatic rings. The number of amides is 1. The van der Waals surface area contributed by atoms with Crippen LogP contribution < -0.4 is 5.32 Å². The van der Waals surface area contributed by atoms with Gasteiger partial charge in [-0.25, -0.2) is 4.98 Å². The highest BCUT2D eigenvalue weighted by atomic mass is 35.5. The third kappa shape index (κ3) is 2.34. The zero-order valence-corrected chi connectivity index (χ0v) is 9.10. The maximum atomic E-state index is 11.6. The van der Waals surface area contributed by atoms with Crippen molar-refractivity contribution in [1.29, 1.82) is 0 Å². The summed E-state index contributed by atoms with van der Waals surface area (Å²) in [4.78, 5) is 16.0. The molecule has 2 N–H and O–H groups in total. The lowest BCUT2D eigenvalue weighted by molar-refractivity contribution is 0.0954. The second-order valence-electron chi connectivity index (χ2n) is 2.71. The Bertz CT molecular complexity index is 453. The molecular weight excluding hydrogens is 236 g/mol. The summed E-state index contributed by atoms with van der Waals surface area (Å²) in [6.45, 7) is 0.313. The summed E-state index contributed by atoms with van der Waals surface area (Å²) in [7, 11) is 0. The highest BCUT2D eigenvalue weighted by Crippen LogP contribution is 2.21. The molecule has 15 heavy (non-hydrogen) atoms. The topological polar surface area (TPSA) is 70.7 Å². The lowest BCUT2D eigenvalue weighted by atomic mass is 10.4. The van der Waals surface area contributed by atoms with Crippen LogP contribution in [0.3, 0.4) is 0 Å². The lowest BCUT2D eigenvalue weighted by Crippen LogP contribution is -2.22. The summed E-state index contributed by atoms with van der Waals surface area (Å²) in [5.41, 5.74) is 0. The minimum Gasteiger partial charge on any atom is -0.344 e. The van der Waals surface area contributed by atoms with Crippen LogP contribution in [0.5, 0.6) is 0 Å². The molecule has 0 unspecified atom stereocenters. The van der Waals surface area contributed by atoms with Crippen molar-refractivity contribution in [1.82, 2.24) is 20.5 Å². The number of H-pyrrole nitrogens is 1. The van der Waals surface area contributed by atoms with Gasteiger partial charge in [0, 0.05) is 0 Å². The number of aromatic nitrogens is 3. The molecule has 0 spiro atoms. The van der Waals surface area contributed by atoms with Gasteiger partial charge in [0.15, 0.2) is 0 Å². The van der Waals surface area contributed by atoms with Crippen molar-refractivity contribution in [2.45, 2.75) is 6.54 Å². The summed E-state index contributed by atoms with van der Waals surface area (Å²) in [5, 5.41) is 11.2. The van der Waals surface area contributed by atoms with Gasteiger partial charge in [-0.05, 0) is 11.4 Å². The molecule has 0 bridgehead atoms. The van der Waals surface area contributed by atoms with Crippen molar-refractivity contribution in [3.05, 3.63) is 33.5 Å². The van der Waals surface area contributed by atoms with Crippen molar-refractivity contribution >= 4 is 28.8 Å². The maximum absolute atomic E-state index is 11.6. The zero-order chi connectivity index (χ0) is 10.7. The summed E-state index contributed by atoms with van der Waals surface area (Å²) >= 11 is 7.11. The summed E-state index contributed by atoms with van der Waals surface area (Å²) < 4.78 is 0. The van der Waals surface area contributed by atoms with E-state index in [1.807, 2.05) is 0 Å². The predicted molar refractivity (Wildman–Crippen MR) is 56.9 cm³/mol. The molecule has 0 aliphatic carbocycles. The van der Waals surface area contributed by atoms with Crippen molar-refractivity contribution in [2.75, 3.05) is 0 Å². The molecule has 2 rings (SSSR count). The van der Waals surface area contributed by atoms with E-state index in [1.54, 1.807) is 11.4 Å². The minimum absolute atomic E-state index is 0.202. The van der Waals surface area contributed by atoms with Crippen molar-refractivity contribution < 1.29 is 4.79 Å². The molecule has 0 saturated carbocycles. The number of hydrogen-bond acceptors (Lipinski definition) is 4. The van der Waals surface area contributed by atoms with Gasteiger partial charge in [0.1, 0.15) is 17.0 Å². The van der Waals surface area contributed by atoms with Crippen molar-refractivity contribution in [2.24, 2.45) is 0 Å². The van der Waals surface area contributed by atoms with E-state index >= 15 is 0 Å². The number of aromatic amines is 1. The average Bonchev–Trinajstić information content (AvgIpc) is 2.84. The molecule has 0 aliphatic heterocycles. The molecule has 0 saturated heterocycles. The Hall–Kier alpha value is -1.40. The third-order valence-electron chi connectivity index (χ3n) is 1.70. The van der Waals surface area contributed by atoms with Gasteiger partial charge in [-0.15, -0.1) is 11.3 Å². The van der Waals surface area contributed by atoms with Gasteiger partial charge in [0.2, 0.25) is 0 Å². The number of hydrogen-bond donors (Lipinski definition) is 2. The number of nitrogens with zero attached hydrogens (tertiary/aromatic N) is 2. The SMILES string of the molecule is O=C(NCc1ncn[nH]1)c1sccc1Cl. The monoisotopic (exact) mass is 242 g/mol. The Morgan fingerprint density at radius 2 is 2.53 bits per heavy atom. The van der Waals surface area contributed by atoms with E-state index in [0.29, 0.717) is 22.3 Å². The van der Waals surface area contributed by atoms with Crippen LogP contribution in [0.2, 0.25) is 5.02 Å². The molecule has 0 fully saturated rings. The largest absolute Gasteiger partial charge is 0.344 e. The second-order valence-corrected chi connectivity index (χ2v) is 4.04. The first-order valence-electron chi connectivity index (χ1n) is 4.13. The standard InChI is InChI=1S/C8H7ClN4OS/c9-5-1-2-15-7(5)8(14)10-3-6-11-4-12-13-6/h1-2,4H,3H2,(H,10,14)(H,11,12,13). The van der Waals surface area contributed by atoms with Gasteiger partial charge in [0.05, 0.1) is 11.6 Å². The fourth-order valence-corrected chi connectivity index (χ4v) is 2.07. The maximum Gasteiger partial charge on any atom is 0.263 e. The molecule has 1 amide bonds. The van der Waals surface area contributed by atoms with Crippen LogP contribution in [0, 0.1) is 0 Å². The second kappa shape index (κ2) is 4.41. The third-order valence-corrected chi connectivity index (χ3v) is 3.04. The molecule has 2 heterocycles. The molecule has 0 aromatic carbocycles. The number of nitrogens with one attached hydrogen (secondary N) is 2. The van der Waals surface area contributed by atoms with Gasteiger partial charge in [-0.3, -0.25) is 9.89 Å². The number of thiophene rings is 1. The average molecular weight is 243 g/mol. The van der Waals surface area contributed by atoms with Crippen LogP contribution in [0.25, 0.3) is 0 Å². The Morgan fingerprint density at radius 1 is 1.67 bits per heavy atom.